The summed E-state index contributed by atoms with van der Waals surface area (Å²) >= 11 is 5.88. The van der Waals surface area contributed by atoms with Crippen molar-refractivity contribution in [3.63, 3.8) is 0 Å². The number of aromatic nitrogens is 2. The van der Waals surface area contributed by atoms with Crippen LogP contribution in [0.3, 0.4) is 0 Å². The van der Waals surface area contributed by atoms with Crippen molar-refractivity contribution in [2.24, 2.45) is 0 Å². The van der Waals surface area contributed by atoms with E-state index in [0.29, 0.717) is 11.4 Å². The minimum Gasteiger partial charge on any atom is -0.432 e. The fraction of sp³-hybridized carbons (Fsp3) is 0.231. The molecule has 0 aliphatic rings. The molecule has 1 heterocycles. The molecule has 0 fully saturated rings. The van der Waals surface area contributed by atoms with E-state index in [9.17, 15) is 13.2 Å². The molecule has 1 aromatic heterocycles. The molecule has 0 atom stereocenters. The molecule has 0 radical (unpaired) electrons. The van der Waals surface area contributed by atoms with Crippen LogP contribution in [0.2, 0.25) is 5.15 Å². The van der Waals surface area contributed by atoms with Gasteiger partial charge in [-0.2, -0.15) is 0 Å². The molecule has 0 unspecified atom stereocenters. The summed E-state index contributed by atoms with van der Waals surface area (Å²) in [5.41, 5.74) is 1.16. The number of hydrogen-bond acceptors (Lipinski definition) is 4. The quantitative estimate of drug-likeness (QED) is 0.839. The molecule has 0 amide bonds. The molecule has 0 saturated carbocycles. The second kappa shape index (κ2) is 5.77. The molecule has 0 spiro atoms. The minimum absolute atomic E-state index is 0.0417. The average Bonchev–Trinajstić information content (AvgIpc) is 2.36. The molecule has 2 aromatic rings. The maximum Gasteiger partial charge on any atom is 0.573 e. The second-order valence-electron chi connectivity index (χ2n) is 4.09. The largest absolute Gasteiger partial charge is 0.573 e. The number of rotatable bonds is 3. The Hall–Kier alpha value is -2.02. The summed E-state index contributed by atoms with van der Waals surface area (Å²) in [7, 11) is 0. The first-order chi connectivity index (χ1) is 9.76. The van der Waals surface area contributed by atoms with Gasteiger partial charge in [-0.05, 0) is 26.0 Å². The third-order valence-corrected chi connectivity index (χ3v) is 2.76. The number of aryl methyl sites for hydroxylation is 2. The normalized spacial score (nSPS) is 11.3. The van der Waals surface area contributed by atoms with Crippen LogP contribution in [0, 0.1) is 13.8 Å². The summed E-state index contributed by atoms with van der Waals surface area (Å²) in [6.07, 6.45) is -4.82. The molecule has 0 aliphatic heterocycles. The predicted octanol–water partition coefficient (Wildman–Crippen LogP) is 4.44. The van der Waals surface area contributed by atoms with E-state index in [1.54, 1.807) is 13.8 Å². The summed E-state index contributed by atoms with van der Waals surface area (Å²) in [4.78, 5) is 8.04. The highest BCUT2D eigenvalue weighted by atomic mass is 35.5. The summed E-state index contributed by atoms with van der Waals surface area (Å²) in [6.45, 7) is 3.39. The number of halogens is 4. The number of hydrogen-bond donors (Lipinski definition) is 0. The molecule has 8 heteroatoms. The van der Waals surface area contributed by atoms with Crippen LogP contribution in [0.5, 0.6) is 17.4 Å². The lowest BCUT2D eigenvalue weighted by Crippen LogP contribution is -2.17. The summed E-state index contributed by atoms with van der Waals surface area (Å²) in [6, 6.07) is 5.34. The zero-order valence-corrected chi connectivity index (χ0v) is 11.8. The van der Waals surface area contributed by atoms with Crippen LogP contribution >= 0.6 is 11.6 Å². The van der Waals surface area contributed by atoms with Crippen molar-refractivity contribution in [1.82, 2.24) is 9.97 Å². The Morgan fingerprint density at radius 2 is 1.57 bits per heavy atom. The van der Waals surface area contributed by atoms with Gasteiger partial charge in [0.05, 0.1) is 11.4 Å². The highest BCUT2D eigenvalue weighted by Crippen LogP contribution is 2.36. The van der Waals surface area contributed by atoms with E-state index in [1.165, 1.54) is 18.2 Å². The third-order valence-electron chi connectivity index (χ3n) is 2.52. The van der Waals surface area contributed by atoms with E-state index in [-0.39, 0.29) is 16.8 Å². The Morgan fingerprint density at radius 1 is 1.00 bits per heavy atom. The van der Waals surface area contributed by atoms with E-state index < -0.39 is 12.1 Å². The lowest BCUT2D eigenvalue weighted by molar-refractivity contribution is -0.275. The standard InChI is InChI=1S/C13H10ClF3N2O2/c1-7-8(2)19-12(11(14)18-7)20-9-5-3-4-6-10(9)21-13(15,16)17/h3-6H,1-2H3. The van der Waals surface area contributed by atoms with Crippen molar-refractivity contribution in [2.45, 2.75) is 20.2 Å². The smallest absolute Gasteiger partial charge is 0.432 e. The zero-order chi connectivity index (χ0) is 15.6. The molecule has 0 bridgehead atoms. The lowest BCUT2D eigenvalue weighted by Gasteiger charge is -2.14. The molecular formula is C13H10ClF3N2O2. The summed E-state index contributed by atoms with van der Waals surface area (Å²) in [5, 5.41) is -0.0417. The molecule has 0 aliphatic carbocycles. The number of ether oxygens (including phenoxy) is 2. The van der Waals surface area contributed by atoms with Gasteiger partial charge in [0.1, 0.15) is 0 Å². The SMILES string of the molecule is Cc1nc(Cl)c(Oc2ccccc2OC(F)(F)F)nc1C. The van der Waals surface area contributed by atoms with E-state index in [4.69, 9.17) is 16.3 Å². The van der Waals surface area contributed by atoms with Crippen molar-refractivity contribution in [2.75, 3.05) is 0 Å². The molecule has 4 nitrogen and oxygen atoms in total. The van der Waals surface area contributed by atoms with Crippen LogP contribution < -0.4 is 9.47 Å². The maximum atomic E-state index is 12.3. The van der Waals surface area contributed by atoms with Crippen molar-refractivity contribution in [3.8, 4) is 17.4 Å². The van der Waals surface area contributed by atoms with Crippen molar-refractivity contribution >= 4 is 11.6 Å². The van der Waals surface area contributed by atoms with Crippen molar-refractivity contribution in [1.29, 1.82) is 0 Å². The third kappa shape index (κ3) is 3.98. The van der Waals surface area contributed by atoms with Gasteiger partial charge in [-0.3, -0.25) is 0 Å². The van der Waals surface area contributed by atoms with Crippen LogP contribution in [-0.4, -0.2) is 16.3 Å². The zero-order valence-electron chi connectivity index (χ0n) is 11.0. The second-order valence-corrected chi connectivity index (χ2v) is 4.45. The van der Waals surface area contributed by atoms with Crippen molar-refractivity contribution < 1.29 is 22.6 Å². The van der Waals surface area contributed by atoms with Gasteiger partial charge in [-0.25, -0.2) is 9.97 Å². The Kier molecular flexibility index (Phi) is 4.22. The number of benzene rings is 1. The first-order valence-electron chi connectivity index (χ1n) is 5.79. The van der Waals surface area contributed by atoms with Gasteiger partial charge in [-0.15, -0.1) is 13.2 Å². The van der Waals surface area contributed by atoms with E-state index in [1.807, 2.05) is 0 Å². The van der Waals surface area contributed by atoms with E-state index >= 15 is 0 Å². The molecule has 0 N–H and O–H groups in total. The number of para-hydroxylation sites is 2. The fourth-order valence-corrected chi connectivity index (χ4v) is 1.68. The molecule has 0 saturated heterocycles. The van der Waals surface area contributed by atoms with Crippen LogP contribution in [0.25, 0.3) is 0 Å². The van der Waals surface area contributed by atoms with Gasteiger partial charge in [-0.1, -0.05) is 23.7 Å². The van der Waals surface area contributed by atoms with Gasteiger partial charge >= 0.3 is 6.36 Å². The van der Waals surface area contributed by atoms with Crippen LogP contribution in [0.1, 0.15) is 11.4 Å². The summed E-state index contributed by atoms with van der Waals surface area (Å²) in [5.74, 6) is -0.728. The Labute approximate surface area is 123 Å². The van der Waals surface area contributed by atoms with Gasteiger partial charge in [0, 0.05) is 0 Å². The first-order valence-corrected chi connectivity index (χ1v) is 6.17. The van der Waals surface area contributed by atoms with Crippen LogP contribution in [-0.2, 0) is 0 Å². The Morgan fingerprint density at radius 3 is 2.19 bits per heavy atom. The van der Waals surface area contributed by atoms with Crippen LogP contribution in [0.15, 0.2) is 24.3 Å². The van der Waals surface area contributed by atoms with Gasteiger partial charge in [0.25, 0.3) is 5.88 Å². The summed E-state index contributed by atoms with van der Waals surface area (Å²) < 4.78 is 46.1. The average molecular weight is 319 g/mol. The highest BCUT2D eigenvalue weighted by molar-refractivity contribution is 6.30. The Bertz CT molecular complexity index is 662. The topological polar surface area (TPSA) is 44.2 Å². The first kappa shape index (κ1) is 15.4. The predicted molar refractivity (Wildman–Crippen MR) is 69.7 cm³/mol. The fourth-order valence-electron chi connectivity index (χ4n) is 1.47. The van der Waals surface area contributed by atoms with E-state index in [2.05, 4.69) is 14.7 Å². The van der Waals surface area contributed by atoms with Crippen LogP contribution in [0.4, 0.5) is 13.2 Å². The van der Waals surface area contributed by atoms with Gasteiger partial charge in [0.2, 0.25) is 0 Å². The van der Waals surface area contributed by atoms with E-state index in [0.717, 1.165) is 6.07 Å². The molecular weight excluding hydrogens is 309 g/mol. The van der Waals surface area contributed by atoms with Gasteiger partial charge < -0.3 is 9.47 Å². The minimum atomic E-state index is -4.82. The number of alkyl halides is 3. The maximum absolute atomic E-state index is 12.3. The van der Waals surface area contributed by atoms with Crippen molar-refractivity contribution in [3.05, 3.63) is 40.8 Å². The highest BCUT2D eigenvalue weighted by Gasteiger charge is 2.32. The number of nitrogens with zero attached hydrogens (tertiary/aromatic N) is 2. The monoisotopic (exact) mass is 318 g/mol. The Balaban J connectivity index is 2.34. The molecule has 21 heavy (non-hydrogen) atoms. The molecule has 2 rings (SSSR count). The van der Waals surface area contributed by atoms with Gasteiger partial charge in [0.15, 0.2) is 16.7 Å². The molecule has 1 aromatic carbocycles. The lowest BCUT2D eigenvalue weighted by atomic mass is 10.3. The molecule has 112 valence electrons.